The summed E-state index contributed by atoms with van der Waals surface area (Å²) in [7, 11) is 0. The summed E-state index contributed by atoms with van der Waals surface area (Å²) in [6.45, 7) is 7.42. The van der Waals surface area contributed by atoms with Crippen LogP contribution in [0.2, 0.25) is 0 Å². The highest BCUT2D eigenvalue weighted by Gasteiger charge is 2.36. The third-order valence-electron chi connectivity index (χ3n) is 4.82. The van der Waals surface area contributed by atoms with E-state index in [1.54, 1.807) is 0 Å². The molecule has 0 saturated heterocycles. The quantitative estimate of drug-likeness (QED) is 0.827. The lowest BCUT2D eigenvalue weighted by Gasteiger charge is -2.42. The van der Waals surface area contributed by atoms with Crippen molar-refractivity contribution >= 4 is 11.6 Å². The standard InChI is InChI=1S/C16H26N4/c1-4-16(9-6-10-16)20-14-11(3)13(17-5-2)18-15(19-14)12-7-8-12/h12H,4-10H2,1-3H3,(H2,17,18,19,20). The highest BCUT2D eigenvalue weighted by Crippen LogP contribution is 2.42. The van der Waals surface area contributed by atoms with Crippen LogP contribution in [0.5, 0.6) is 0 Å². The van der Waals surface area contributed by atoms with Gasteiger partial charge in [-0.3, -0.25) is 0 Å². The SMILES string of the molecule is CCNc1nc(C2CC2)nc(NC2(CC)CCC2)c1C. The van der Waals surface area contributed by atoms with Crippen LogP contribution in [0, 0.1) is 6.92 Å². The number of hydrogen-bond acceptors (Lipinski definition) is 4. The Morgan fingerprint density at radius 2 is 1.85 bits per heavy atom. The first-order valence-corrected chi connectivity index (χ1v) is 8.08. The molecule has 0 aromatic carbocycles. The van der Waals surface area contributed by atoms with Crippen LogP contribution in [-0.2, 0) is 0 Å². The third kappa shape index (κ3) is 2.48. The zero-order chi connectivity index (χ0) is 14.2. The molecule has 20 heavy (non-hydrogen) atoms. The van der Waals surface area contributed by atoms with Crippen LogP contribution >= 0.6 is 0 Å². The number of nitrogens with one attached hydrogen (secondary N) is 2. The van der Waals surface area contributed by atoms with Crippen molar-refractivity contribution in [2.75, 3.05) is 17.2 Å². The molecular weight excluding hydrogens is 248 g/mol. The van der Waals surface area contributed by atoms with Gasteiger partial charge in [-0.25, -0.2) is 9.97 Å². The predicted octanol–water partition coefficient (Wildman–Crippen LogP) is 3.84. The van der Waals surface area contributed by atoms with Crippen LogP contribution in [0.4, 0.5) is 11.6 Å². The minimum atomic E-state index is 0.281. The molecule has 2 fully saturated rings. The van der Waals surface area contributed by atoms with Crippen LogP contribution < -0.4 is 10.6 Å². The minimum absolute atomic E-state index is 0.281. The van der Waals surface area contributed by atoms with E-state index in [2.05, 4.69) is 31.4 Å². The van der Waals surface area contributed by atoms with E-state index >= 15 is 0 Å². The predicted molar refractivity (Wildman–Crippen MR) is 83.4 cm³/mol. The molecule has 0 amide bonds. The van der Waals surface area contributed by atoms with Crippen LogP contribution in [0.3, 0.4) is 0 Å². The summed E-state index contributed by atoms with van der Waals surface area (Å²) in [4.78, 5) is 9.55. The lowest BCUT2D eigenvalue weighted by molar-refractivity contribution is 0.268. The molecule has 4 nitrogen and oxygen atoms in total. The van der Waals surface area contributed by atoms with Gasteiger partial charge in [0.15, 0.2) is 0 Å². The van der Waals surface area contributed by atoms with E-state index in [9.17, 15) is 0 Å². The van der Waals surface area contributed by atoms with Crippen LogP contribution in [0.25, 0.3) is 0 Å². The zero-order valence-electron chi connectivity index (χ0n) is 12.9. The molecule has 0 aliphatic heterocycles. The van der Waals surface area contributed by atoms with Gasteiger partial charge in [-0.05, 0) is 52.4 Å². The monoisotopic (exact) mass is 274 g/mol. The summed E-state index contributed by atoms with van der Waals surface area (Å²) in [5, 5.41) is 7.13. The van der Waals surface area contributed by atoms with Gasteiger partial charge in [0, 0.05) is 23.6 Å². The Bertz CT molecular complexity index is 484. The smallest absolute Gasteiger partial charge is 0.136 e. The summed E-state index contributed by atoms with van der Waals surface area (Å²) >= 11 is 0. The normalized spacial score (nSPS) is 20.4. The Morgan fingerprint density at radius 3 is 2.35 bits per heavy atom. The van der Waals surface area contributed by atoms with Gasteiger partial charge in [-0.2, -0.15) is 0 Å². The summed E-state index contributed by atoms with van der Waals surface area (Å²) < 4.78 is 0. The maximum atomic E-state index is 4.83. The largest absolute Gasteiger partial charge is 0.370 e. The fourth-order valence-electron chi connectivity index (χ4n) is 2.94. The van der Waals surface area contributed by atoms with E-state index in [1.165, 1.54) is 38.5 Å². The van der Waals surface area contributed by atoms with Gasteiger partial charge in [0.05, 0.1) is 0 Å². The molecule has 1 heterocycles. The maximum absolute atomic E-state index is 4.83. The summed E-state index contributed by atoms with van der Waals surface area (Å²) in [5.41, 5.74) is 1.44. The lowest BCUT2D eigenvalue weighted by Crippen LogP contribution is -2.44. The highest BCUT2D eigenvalue weighted by atomic mass is 15.1. The first-order valence-electron chi connectivity index (χ1n) is 8.08. The van der Waals surface area contributed by atoms with Crippen molar-refractivity contribution in [2.24, 2.45) is 0 Å². The molecule has 0 atom stereocenters. The van der Waals surface area contributed by atoms with Gasteiger partial charge in [0.1, 0.15) is 17.5 Å². The highest BCUT2D eigenvalue weighted by molar-refractivity contribution is 5.58. The van der Waals surface area contributed by atoms with Gasteiger partial charge in [-0.15, -0.1) is 0 Å². The van der Waals surface area contributed by atoms with E-state index < -0.39 is 0 Å². The molecule has 0 radical (unpaired) electrons. The average Bonchev–Trinajstić information content (AvgIpc) is 3.22. The van der Waals surface area contributed by atoms with Gasteiger partial charge in [0.25, 0.3) is 0 Å². The molecule has 1 aromatic rings. The Kier molecular flexibility index (Phi) is 3.57. The van der Waals surface area contributed by atoms with Crippen molar-refractivity contribution in [3.05, 3.63) is 11.4 Å². The maximum Gasteiger partial charge on any atom is 0.136 e. The van der Waals surface area contributed by atoms with Crippen molar-refractivity contribution in [2.45, 2.75) is 70.8 Å². The minimum Gasteiger partial charge on any atom is -0.370 e. The Hall–Kier alpha value is -1.32. The molecule has 0 bridgehead atoms. The second kappa shape index (κ2) is 5.23. The van der Waals surface area contributed by atoms with Gasteiger partial charge in [0.2, 0.25) is 0 Å². The summed E-state index contributed by atoms with van der Waals surface area (Å²) in [6.07, 6.45) is 7.52. The second-order valence-electron chi connectivity index (χ2n) is 6.32. The molecule has 2 N–H and O–H groups in total. The Balaban J connectivity index is 1.91. The van der Waals surface area contributed by atoms with Gasteiger partial charge < -0.3 is 10.6 Å². The van der Waals surface area contributed by atoms with E-state index in [0.29, 0.717) is 5.92 Å². The molecule has 2 saturated carbocycles. The zero-order valence-corrected chi connectivity index (χ0v) is 12.9. The fraction of sp³-hybridized carbons (Fsp3) is 0.750. The second-order valence-corrected chi connectivity index (χ2v) is 6.32. The molecule has 2 aliphatic rings. The first-order chi connectivity index (χ1) is 9.67. The number of rotatable bonds is 6. The van der Waals surface area contributed by atoms with Crippen LogP contribution in [0.1, 0.15) is 69.7 Å². The Labute approximate surface area is 121 Å². The third-order valence-corrected chi connectivity index (χ3v) is 4.82. The van der Waals surface area contributed by atoms with Crippen molar-refractivity contribution in [1.29, 1.82) is 0 Å². The van der Waals surface area contributed by atoms with Crippen molar-refractivity contribution in [1.82, 2.24) is 9.97 Å². The first kappa shape index (κ1) is 13.7. The summed E-state index contributed by atoms with van der Waals surface area (Å²) in [5.74, 6) is 3.68. The fourth-order valence-corrected chi connectivity index (χ4v) is 2.94. The molecule has 0 unspecified atom stereocenters. The number of hydrogen-bond donors (Lipinski definition) is 2. The van der Waals surface area contributed by atoms with E-state index in [4.69, 9.17) is 9.97 Å². The molecule has 1 aromatic heterocycles. The molecular formula is C16H26N4. The lowest BCUT2D eigenvalue weighted by atomic mass is 9.75. The molecule has 3 rings (SSSR count). The van der Waals surface area contributed by atoms with Crippen molar-refractivity contribution in [3.8, 4) is 0 Å². The number of anilines is 2. The van der Waals surface area contributed by atoms with Crippen molar-refractivity contribution in [3.63, 3.8) is 0 Å². The summed E-state index contributed by atoms with van der Waals surface area (Å²) in [6, 6.07) is 0. The molecule has 0 spiro atoms. The van der Waals surface area contributed by atoms with Gasteiger partial charge >= 0.3 is 0 Å². The Morgan fingerprint density at radius 1 is 1.15 bits per heavy atom. The number of aromatic nitrogens is 2. The van der Waals surface area contributed by atoms with Crippen LogP contribution in [-0.4, -0.2) is 22.1 Å². The van der Waals surface area contributed by atoms with E-state index in [1.807, 2.05) is 0 Å². The van der Waals surface area contributed by atoms with Crippen molar-refractivity contribution < 1.29 is 0 Å². The molecule has 2 aliphatic carbocycles. The topological polar surface area (TPSA) is 49.8 Å². The molecule has 110 valence electrons. The number of nitrogens with zero attached hydrogens (tertiary/aromatic N) is 2. The van der Waals surface area contributed by atoms with E-state index in [-0.39, 0.29) is 5.54 Å². The average molecular weight is 274 g/mol. The van der Waals surface area contributed by atoms with Crippen LogP contribution in [0.15, 0.2) is 0 Å². The van der Waals surface area contributed by atoms with E-state index in [0.717, 1.165) is 29.6 Å². The van der Waals surface area contributed by atoms with Gasteiger partial charge in [-0.1, -0.05) is 6.92 Å². The molecule has 4 heteroatoms.